The van der Waals surface area contributed by atoms with E-state index in [0.29, 0.717) is 13.1 Å². The molecule has 0 saturated carbocycles. The number of thioether (sulfide) groups is 1. The van der Waals surface area contributed by atoms with Crippen LogP contribution in [0.2, 0.25) is 0 Å². The molecule has 0 aromatic heterocycles. The first-order chi connectivity index (χ1) is 10.1. The Labute approximate surface area is 129 Å². The molecule has 0 spiro atoms. The first-order valence-corrected chi connectivity index (χ1v) is 8.26. The van der Waals surface area contributed by atoms with E-state index in [2.05, 4.69) is 5.32 Å². The number of likely N-dealkylation sites (tertiary alicyclic amines) is 1. The zero-order valence-electron chi connectivity index (χ0n) is 12.2. The van der Waals surface area contributed by atoms with Crippen LogP contribution in [0.1, 0.15) is 12.8 Å². The minimum atomic E-state index is -0.271. The van der Waals surface area contributed by atoms with Crippen molar-refractivity contribution in [1.29, 1.82) is 0 Å². The van der Waals surface area contributed by atoms with Gasteiger partial charge in [0, 0.05) is 17.1 Å². The largest absolute Gasteiger partial charge is 0.369 e. The third-order valence-electron chi connectivity index (χ3n) is 3.63. The van der Waals surface area contributed by atoms with E-state index in [1.807, 2.05) is 35.4 Å². The quantitative estimate of drug-likeness (QED) is 0.809. The van der Waals surface area contributed by atoms with Crippen molar-refractivity contribution in [2.24, 2.45) is 11.7 Å². The highest BCUT2D eigenvalue weighted by Crippen LogP contribution is 2.19. The van der Waals surface area contributed by atoms with Gasteiger partial charge in [-0.15, -0.1) is 11.8 Å². The van der Waals surface area contributed by atoms with Crippen molar-refractivity contribution in [3.63, 3.8) is 0 Å². The number of benzene rings is 1. The number of carbonyl (C=O) groups excluding carboxylic acids is 2. The van der Waals surface area contributed by atoms with E-state index < -0.39 is 0 Å². The maximum absolute atomic E-state index is 12.1. The summed E-state index contributed by atoms with van der Waals surface area (Å²) in [6, 6.07) is 7.75. The van der Waals surface area contributed by atoms with Crippen molar-refractivity contribution in [2.45, 2.75) is 17.7 Å². The number of rotatable bonds is 5. The van der Waals surface area contributed by atoms with Gasteiger partial charge in [-0.3, -0.25) is 14.5 Å². The van der Waals surface area contributed by atoms with Gasteiger partial charge in [0.05, 0.1) is 12.5 Å². The zero-order chi connectivity index (χ0) is 15.2. The van der Waals surface area contributed by atoms with E-state index in [9.17, 15) is 9.59 Å². The molecule has 1 heterocycles. The summed E-state index contributed by atoms with van der Waals surface area (Å²) in [6.45, 7) is 1.71. The lowest BCUT2D eigenvalue weighted by molar-refractivity contribution is -0.125. The second kappa shape index (κ2) is 7.47. The van der Waals surface area contributed by atoms with Gasteiger partial charge in [0.2, 0.25) is 11.8 Å². The fourth-order valence-electron chi connectivity index (χ4n) is 2.54. The summed E-state index contributed by atoms with van der Waals surface area (Å²) in [5, 5.41) is 2.90. The lowest BCUT2D eigenvalue weighted by Crippen LogP contribution is -2.44. The SMILES string of the molecule is CSc1cccc(NC(=O)CN2CCC[C@@H](C(N)=O)C2)c1. The van der Waals surface area contributed by atoms with Crippen molar-refractivity contribution in [3.8, 4) is 0 Å². The van der Waals surface area contributed by atoms with Crippen LogP contribution >= 0.6 is 11.8 Å². The minimum Gasteiger partial charge on any atom is -0.369 e. The molecule has 1 saturated heterocycles. The van der Waals surface area contributed by atoms with Gasteiger partial charge in [-0.25, -0.2) is 0 Å². The summed E-state index contributed by atoms with van der Waals surface area (Å²) in [4.78, 5) is 26.4. The molecule has 6 heteroatoms. The molecule has 0 bridgehead atoms. The number of carbonyl (C=O) groups is 2. The highest BCUT2D eigenvalue weighted by atomic mass is 32.2. The Morgan fingerprint density at radius 2 is 2.29 bits per heavy atom. The van der Waals surface area contributed by atoms with E-state index in [1.54, 1.807) is 11.8 Å². The smallest absolute Gasteiger partial charge is 0.238 e. The van der Waals surface area contributed by atoms with Gasteiger partial charge < -0.3 is 11.1 Å². The first kappa shape index (κ1) is 15.9. The highest BCUT2D eigenvalue weighted by Gasteiger charge is 2.25. The maximum Gasteiger partial charge on any atom is 0.238 e. The fourth-order valence-corrected chi connectivity index (χ4v) is 3.00. The van der Waals surface area contributed by atoms with E-state index >= 15 is 0 Å². The molecule has 1 fully saturated rings. The predicted octanol–water partition coefficient (Wildman–Crippen LogP) is 1.54. The molecule has 1 atom stereocenters. The molecular formula is C15H21N3O2S. The van der Waals surface area contributed by atoms with Gasteiger partial charge >= 0.3 is 0 Å². The van der Waals surface area contributed by atoms with Crippen LogP contribution in [0.25, 0.3) is 0 Å². The number of hydrogen-bond donors (Lipinski definition) is 2. The van der Waals surface area contributed by atoms with Gasteiger partial charge in [-0.05, 0) is 43.8 Å². The average Bonchev–Trinajstić information content (AvgIpc) is 2.47. The first-order valence-electron chi connectivity index (χ1n) is 7.04. The highest BCUT2D eigenvalue weighted by molar-refractivity contribution is 7.98. The van der Waals surface area contributed by atoms with Crippen molar-refractivity contribution in [1.82, 2.24) is 4.90 Å². The molecule has 21 heavy (non-hydrogen) atoms. The fraction of sp³-hybridized carbons (Fsp3) is 0.467. The summed E-state index contributed by atoms with van der Waals surface area (Å²) in [5.41, 5.74) is 6.15. The lowest BCUT2D eigenvalue weighted by atomic mass is 9.97. The van der Waals surface area contributed by atoms with E-state index in [0.717, 1.165) is 30.0 Å². The molecule has 0 unspecified atom stereocenters. The molecule has 1 aromatic carbocycles. The minimum absolute atomic E-state index is 0.0571. The Morgan fingerprint density at radius 1 is 1.48 bits per heavy atom. The van der Waals surface area contributed by atoms with Crippen LogP contribution in [0.4, 0.5) is 5.69 Å². The summed E-state index contributed by atoms with van der Waals surface area (Å²) >= 11 is 1.64. The number of piperidine rings is 1. The topological polar surface area (TPSA) is 75.4 Å². The molecule has 1 aromatic rings. The number of anilines is 1. The molecule has 2 amide bonds. The van der Waals surface area contributed by atoms with Gasteiger partial charge in [-0.2, -0.15) is 0 Å². The van der Waals surface area contributed by atoms with Crippen molar-refractivity contribution >= 4 is 29.3 Å². The number of amides is 2. The average molecular weight is 307 g/mol. The number of primary amides is 1. The van der Waals surface area contributed by atoms with Crippen LogP contribution in [0.3, 0.4) is 0 Å². The van der Waals surface area contributed by atoms with E-state index in [-0.39, 0.29) is 17.7 Å². The number of hydrogen-bond acceptors (Lipinski definition) is 4. The summed E-state index contributed by atoms with van der Waals surface area (Å²) in [7, 11) is 0. The Kier molecular flexibility index (Phi) is 5.64. The summed E-state index contributed by atoms with van der Waals surface area (Å²) in [5.74, 6) is -0.461. The standard InChI is InChI=1S/C15H21N3O2S/c1-21-13-6-2-5-12(8-13)17-14(19)10-18-7-3-4-11(9-18)15(16)20/h2,5-6,8,11H,3-4,7,9-10H2,1H3,(H2,16,20)(H,17,19)/t11-/m1/s1. The zero-order valence-corrected chi connectivity index (χ0v) is 13.0. The number of nitrogens with zero attached hydrogens (tertiary/aromatic N) is 1. The normalized spacial score (nSPS) is 19.2. The second-order valence-corrected chi connectivity index (χ2v) is 6.14. The Morgan fingerprint density at radius 3 is 3.00 bits per heavy atom. The molecule has 5 nitrogen and oxygen atoms in total. The third-order valence-corrected chi connectivity index (χ3v) is 4.35. The third kappa shape index (κ3) is 4.75. The van der Waals surface area contributed by atoms with Crippen LogP contribution in [0.5, 0.6) is 0 Å². The van der Waals surface area contributed by atoms with Gasteiger partial charge in [-0.1, -0.05) is 6.07 Å². The van der Waals surface area contributed by atoms with Crippen LogP contribution in [0, 0.1) is 5.92 Å². The molecule has 3 N–H and O–H groups in total. The van der Waals surface area contributed by atoms with Crippen molar-refractivity contribution < 1.29 is 9.59 Å². The molecular weight excluding hydrogens is 286 g/mol. The van der Waals surface area contributed by atoms with E-state index in [4.69, 9.17) is 5.73 Å². The molecule has 114 valence electrons. The molecule has 2 rings (SSSR count). The number of nitrogens with two attached hydrogens (primary N) is 1. The van der Waals surface area contributed by atoms with Gasteiger partial charge in [0.15, 0.2) is 0 Å². The molecule has 1 aliphatic heterocycles. The van der Waals surface area contributed by atoms with Gasteiger partial charge in [0.25, 0.3) is 0 Å². The van der Waals surface area contributed by atoms with Crippen molar-refractivity contribution in [2.75, 3.05) is 31.2 Å². The van der Waals surface area contributed by atoms with Crippen LogP contribution in [-0.2, 0) is 9.59 Å². The van der Waals surface area contributed by atoms with Crippen LogP contribution in [0.15, 0.2) is 29.2 Å². The van der Waals surface area contributed by atoms with Gasteiger partial charge in [0.1, 0.15) is 0 Å². The summed E-state index contributed by atoms with van der Waals surface area (Å²) < 4.78 is 0. The molecule has 0 radical (unpaired) electrons. The van der Waals surface area contributed by atoms with Crippen LogP contribution < -0.4 is 11.1 Å². The lowest BCUT2D eigenvalue weighted by Gasteiger charge is -2.30. The van der Waals surface area contributed by atoms with E-state index in [1.165, 1.54) is 0 Å². The number of nitrogens with one attached hydrogen (secondary N) is 1. The Balaban J connectivity index is 1.87. The Bertz CT molecular complexity index is 521. The molecule has 1 aliphatic rings. The monoisotopic (exact) mass is 307 g/mol. The second-order valence-electron chi connectivity index (χ2n) is 5.26. The van der Waals surface area contributed by atoms with Crippen LogP contribution in [-0.4, -0.2) is 42.6 Å². The Hall–Kier alpha value is -1.53. The van der Waals surface area contributed by atoms with Crippen molar-refractivity contribution in [3.05, 3.63) is 24.3 Å². The maximum atomic E-state index is 12.1. The molecule has 0 aliphatic carbocycles. The summed E-state index contributed by atoms with van der Waals surface area (Å²) in [6.07, 6.45) is 3.73. The predicted molar refractivity (Wildman–Crippen MR) is 85.2 cm³/mol.